The van der Waals surface area contributed by atoms with Crippen molar-refractivity contribution in [1.29, 1.82) is 0 Å². The molecule has 0 aromatic carbocycles. The standard InChI is InChI=1S/C13H17ClN2O4S/c1-19-12(18)10-11(14)16-13(21-10)15-7-9(17)20-8-5-3-2-4-6-8/h8H,2-7H2,1H3,(H,15,16). The molecule has 1 aromatic rings. The van der Waals surface area contributed by atoms with Gasteiger partial charge in [0.15, 0.2) is 15.2 Å². The molecular weight excluding hydrogens is 316 g/mol. The molecule has 8 heteroatoms. The van der Waals surface area contributed by atoms with Gasteiger partial charge in [-0.3, -0.25) is 4.79 Å². The van der Waals surface area contributed by atoms with Crippen LogP contribution in [0.25, 0.3) is 0 Å². The number of anilines is 1. The zero-order valence-electron chi connectivity index (χ0n) is 11.7. The number of halogens is 1. The fraction of sp³-hybridized carbons (Fsp3) is 0.615. The van der Waals surface area contributed by atoms with Crippen molar-refractivity contribution >= 4 is 40.0 Å². The minimum absolute atomic E-state index is 0.000947. The van der Waals surface area contributed by atoms with Gasteiger partial charge in [-0.25, -0.2) is 9.78 Å². The van der Waals surface area contributed by atoms with Gasteiger partial charge < -0.3 is 14.8 Å². The summed E-state index contributed by atoms with van der Waals surface area (Å²) in [5.41, 5.74) is 0. The van der Waals surface area contributed by atoms with Crippen molar-refractivity contribution in [1.82, 2.24) is 4.98 Å². The molecule has 0 bridgehead atoms. The van der Waals surface area contributed by atoms with Crippen LogP contribution in [0.3, 0.4) is 0 Å². The number of thiazole rings is 1. The quantitative estimate of drug-likeness (QED) is 0.835. The van der Waals surface area contributed by atoms with Gasteiger partial charge in [0.25, 0.3) is 0 Å². The molecule has 1 aliphatic carbocycles. The van der Waals surface area contributed by atoms with E-state index in [4.69, 9.17) is 16.3 Å². The number of carbonyl (C=O) groups is 2. The van der Waals surface area contributed by atoms with E-state index in [0.29, 0.717) is 5.13 Å². The lowest BCUT2D eigenvalue weighted by atomic mass is 9.98. The number of nitrogens with zero attached hydrogens (tertiary/aromatic N) is 1. The van der Waals surface area contributed by atoms with Crippen LogP contribution in [-0.4, -0.2) is 36.7 Å². The Balaban J connectivity index is 1.82. The molecule has 21 heavy (non-hydrogen) atoms. The average Bonchev–Trinajstić information content (AvgIpc) is 2.86. The van der Waals surface area contributed by atoms with Crippen LogP contribution >= 0.6 is 22.9 Å². The second-order valence-electron chi connectivity index (χ2n) is 4.73. The monoisotopic (exact) mass is 332 g/mol. The molecule has 1 aromatic heterocycles. The highest BCUT2D eigenvalue weighted by Gasteiger charge is 2.19. The number of aromatic nitrogens is 1. The van der Waals surface area contributed by atoms with Crippen LogP contribution in [-0.2, 0) is 14.3 Å². The Morgan fingerprint density at radius 2 is 2.10 bits per heavy atom. The third-order valence-electron chi connectivity index (χ3n) is 3.19. The molecule has 0 atom stereocenters. The molecule has 0 unspecified atom stereocenters. The zero-order valence-corrected chi connectivity index (χ0v) is 13.3. The van der Waals surface area contributed by atoms with E-state index in [1.165, 1.54) is 13.5 Å². The molecule has 1 fully saturated rings. The Bertz CT molecular complexity index is 514. The van der Waals surface area contributed by atoms with Gasteiger partial charge in [0.05, 0.1) is 7.11 Å². The first-order valence-electron chi connectivity index (χ1n) is 6.78. The lowest BCUT2D eigenvalue weighted by Gasteiger charge is -2.21. The molecule has 0 radical (unpaired) electrons. The molecule has 0 spiro atoms. The summed E-state index contributed by atoms with van der Waals surface area (Å²) in [6.07, 6.45) is 5.31. The van der Waals surface area contributed by atoms with Gasteiger partial charge in [0, 0.05) is 0 Å². The van der Waals surface area contributed by atoms with Crippen molar-refractivity contribution < 1.29 is 19.1 Å². The largest absolute Gasteiger partial charge is 0.465 e. The highest BCUT2D eigenvalue weighted by molar-refractivity contribution is 7.18. The van der Waals surface area contributed by atoms with E-state index in [1.54, 1.807) is 0 Å². The van der Waals surface area contributed by atoms with Crippen molar-refractivity contribution in [2.45, 2.75) is 38.2 Å². The third-order valence-corrected chi connectivity index (χ3v) is 4.57. The lowest BCUT2D eigenvalue weighted by Crippen LogP contribution is -2.25. The third kappa shape index (κ3) is 4.57. The number of carbonyl (C=O) groups excluding carboxylic acids is 2. The van der Waals surface area contributed by atoms with E-state index in [2.05, 4.69) is 15.0 Å². The number of hydrogen-bond acceptors (Lipinski definition) is 7. The topological polar surface area (TPSA) is 77.5 Å². The maximum absolute atomic E-state index is 11.7. The van der Waals surface area contributed by atoms with Gasteiger partial charge >= 0.3 is 11.9 Å². The first-order chi connectivity index (χ1) is 10.1. The van der Waals surface area contributed by atoms with E-state index >= 15 is 0 Å². The second-order valence-corrected chi connectivity index (χ2v) is 6.09. The summed E-state index contributed by atoms with van der Waals surface area (Å²) in [5, 5.41) is 3.27. The Hall–Kier alpha value is -1.34. The highest BCUT2D eigenvalue weighted by atomic mass is 35.5. The van der Waals surface area contributed by atoms with Crippen LogP contribution in [0, 0.1) is 0 Å². The number of ether oxygens (including phenoxy) is 2. The van der Waals surface area contributed by atoms with E-state index in [9.17, 15) is 9.59 Å². The Labute approximate surface area is 131 Å². The minimum Gasteiger partial charge on any atom is -0.465 e. The van der Waals surface area contributed by atoms with Crippen LogP contribution < -0.4 is 5.32 Å². The smallest absolute Gasteiger partial charge is 0.351 e. The molecule has 0 amide bonds. The molecule has 1 aliphatic rings. The predicted octanol–water partition coefficient (Wildman–Crippen LogP) is 2.87. The van der Waals surface area contributed by atoms with Crippen LogP contribution in [0.4, 0.5) is 5.13 Å². The molecule has 6 nitrogen and oxygen atoms in total. The fourth-order valence-electron chi connectivity index (χ4n) is 2.15. The molecule has 1 saturated carbocycles. The first kappa shape index (κ1) is 16.0. The van der Waals surface area contributed by atoms with Crippen LogP contribution in [0.1, 0.15) is 41.8 Å². The molecule has 1 heterocycles. The van der Waals surface area contributed by atoms with Crippen molar-refractivity contribution in [2.75, 3.05) is 19.0 Å². The number of esters is 2. The van der Waals surface area contributed by atoms with E-state index in [-0.39, 0.29) is 28.6 Å². The van der Waals surface area contributed by atoms with E-state index in [0.717, 1.165) is 37.0 Å². The van der Waals surface area contributed by atoms with Crippen molar-refractivity contribution in [3.8, 4) is 0 Å². The van der Waals surface area contributed by atoms with Gasteiger partial charge in [-0.15, -0.1) is 0 Å². The Kier molecular flexibility index (Phi) is 5.81. The SMILES string of the molecule is COC(=O)c1sc(NCC(=O)OC2CCCCC2)nc1Cl. The molecule has 0 aliphatic heterocycles. The number of rotatable bonds is 5. The van der Waals surface area contributed by atoms with E-state index in [1.807, 2.05) is 0 Å². The van der Waals surface area contributed by atoms with Crippen molar-refractivity contribution in [3.63, 3.8) is 0 Å². The number of nitrogens with one attached hydrogen (secondary N) is 1. The van der Waals surface area contributed by atoms with Gasteiger partial charge in [-0.05, 0) is 25.7 Å². The lowest BCUT2D eigenvalue weighted by molar-refractivity contribution is -0.148. The Morgan fingerprint density at radius 3 is 2.76 bits per heavy atom. The maximum Gasteiger partial charge on any atom is 0.351 e. The Morgan fingerprint density at radius 1 is 1.38 bits per heavy atom. The molecular formula is C13H17ClN2O4S. The first-order valence-corrected chi connectivity index (χ1v) is 7.97. The summed E-state index contributed by atoms with van der Waals surface area (Å²) in [5.74, 6) is -0.872. The molecule has 2 rings (SSSR count). The highest BCUT2D eigenvalue weighted by Crippen LogP contribution is 2.27. The number of methoxy groups -OCH3 is 1. The van der Waals surface area contributed by atoms with Gasteiger partial charge in [0.1, 0.15) is 12.6 Å². The molecule has 116 valence electrons. The summed E-state index contributed by atoms with van der Waals surface area (Å²) >= 11 is 6.88. The van der Waals surface area contributed by atoms with Crippen LogP contribution in [0.2, 0.25) is 5.15 Å². The van der Waals surface area contributed by atoms with Crippen LogP contribution in [0.5, 0.6) is 0 Å². The normalized spacial score (nSPS) is 15.5. The van der Waals surface area contributed by atoms with Gasteiger partial charge in [0.2, 0.25) is 0 Å². The average molecular weight is 333 g/mol. The van der Waals surface area contributed by atoms with E-state index < -0.39 is 5.97 Å². The molecule has 0 saturated heterocycles. The van der Waals surface area contributed by atoms with Crippen molar-refractivity contribution in [2.24, 2.45) is 0 Å². The summed E-state index contributed by atoms with van der Waals surface area (Å²) in [4.78, 5) is 27.3. The summed E-state index contributed by atoms with van der Waals surface area (Å²) < 4.78 is 9.95. The van der Waals surface area contributed by atoms with Crippen LogP contribution in [0.15, 0.2) is 0 Å². The zero-order chi connectivity index (χ0) is 15.2. The summed E-state index contributed by atoms with van der Waals surface area (Å²) in [6, 6.07) is 0. The minimum atomic E-state index is -0.546. The predicted molar refractivity (Wildman–Crippen MR) is 79.9 cm³/mol. The van der Waals surface area contributed by atoms with Gasteiger partial charge in [-0.1, -0.05) is 29.4 Å². The summed E-state index contributed by atoms with van der Waals surface area (Å²) in [7, 11) is 1.27. The van der Waals surface area contributed by atoms with Gasteiger partial charge in [-0.2, -0.15) is 0 Å². The second kappa shape index (κ2) is 7.61. The number of hydrogen-bond donors (Lipinski definition) is 1. The van der Waals surface area contributed by atoms with Crippen molar-refractivity contribution in [3.05, 3.63) is 10.0 Å². The maximum atomic E-state index is 11.7. The fourth-order valence-corrected chi connectivity index (χ4v) is 3.25. The molecule has 1 N–H and O–H groups in total. The summed E-state index contributed by atoms with van der Waals surface area (Å²) in [6.45, 7) is 0.000947.